The van der Waals surface area contributed by atoms with Crippen molar-refractivity contribution in [2.75, 3.05) is 0 Å². The molecule has 0 fully saturated rings. The lowest BCUT2D eigenvalue weighted by molar-refractivity contribution is 1.07. The normalized spacial score (nSPS) is 11.3. The summed E-state index contributed by atoms with van der Waals surface area (Å²) < 4.78 is 2.32. The third kappa shape index (κ3) is 5.35. The van der Waals surface area contributed by atoms with Crippen LogP contribution in [0.1, 0.15) is 0 Å². The van der Waals surface area contributed by atoms with Gasteiger partial charge in [0.05, 0.1) is 11.0 Å². The van der Waals surface area contributed by atoms with Crippen LogP contribution in [0.5, 0.6) is 0 Å². The molecule has 0 aliphatic heterocycles. The molecule has 9 aromatic rings. The highest BCUT2D eigenvalue weighted by molar-refractivity contribution is 6.10. The Bertz CT molecular complexity index is 2560. The van der Waals surface area contributed by atoms with Crippen molar-refractivity contribution in [1.29, 1.82) is 0 Å². The lowest BCUT2D eigenvalue weighted by Gasteiger charge is -2.11. The zero-order chi connectivity index (χ0) is 32.6. The van der Waals surface area contributed by atoms with Crippen molar-refractivity contribution in [2.24, 2.45) is 0 Å². The molecule has 0 spiro atoms. The molecule has 2 aromatic heterocycles. The second kappa shape index (κ2) is 12.2. The molecule has 4 nitrogen and oxygen atoms in total. The fourth-order valence-electron chi connectivity index (χ4n) is 6.61. The third-order valence-electron chi connectivity index (χ3n) is 9.08. The van der Waals surface area contributed by atoms with Crippen LogP contribution >= 0.6 is 0 Å². The van der Waals surface area contributed by atoms with E-state index in [1.807, 2.05) is 36.4 Å². The SMILES string of the molecule is c1ccc(-c2ccc(-c3ccc(-c4nc(-c5ccccc5)nc(-c5ccc6c7ccccc7n(-c7ccccc7)c6c5)n4)cc3)cc2)cc1. The third-order valence-corrected chi connectivity index (χ3v) is 9.08. The summed E-state index contributed by atoms with van der Waals surface area (Å²) in [4.78, 5) is 15.1. The molecule has 0 unspecified atom stereocenters. The largest absolute Gasteiger partial charge is 0.309 e. The smallest absolute Gasteiger partial charge is 0.164 e. The van der Waals surface area contributed by atoms with E-state index in [0.717, 1.165) is 44.5 Å². The van der Waals surface area contributed by atoms with Gasteiger partial charge in [-0.05, 0) is 46.5 Å². The molecule has 0 saturated carbocycles. The van der Waals surface area contributed by atoms with Gasteiger partial charge in [-0.15, -0.1) is 0 Å². The van der Waals surface area contributed by atoms with Crippen molar-refractivity contribution >= 4 is 21.8 Å². The van der Waals surface area contributed by atoms with E-state index in [0.29, 0.717) is 17.5 Å². The number of rotatable bonds is 6. The molecule has 0 amide bonds. The lowest BCUT2D eigenvalue weighted by atomic mass is 9.99. The van der Waals surface area contributed by atoms with Crippen LogP contribution in [0.2, 0.25) is 0 Å². The molecule has 0 bridgehead atoms. The fourth-order valence-corrected chi connectivity index (χ4v) is 6.61. The van der Waals surface area contributed by atoms with Gasteiger partial charge >= 0.3 is 0 Å². The molecule has 4 heteroatoms. The Kier molecular flexibility index (Phi) is 7.10. The zero-order valence-corrected chi connectivity index (χ0v) is 26.6. The molecule has 49 heavy (non-hydrogen) atoms. The first-order valence-electron chi connectivity index (χ1n) is 16.5. The van der Waals surface area contributed by atoms with Crippen LogP contribution in [0, 0.1) is 0 Å². The Balaban J connectivity index is 1.14. The van der Waals surface area contributed by atoms with Crippen molar-refractivity contribution in [2.45, 2.75) is 0 Å². The van der Waals surface area contributed by atoms with Crippen LogP contribution in [0.15, 0.2) is 182 Å². The van der Waals surface area contributed by atoms with Gasteiger partial charge in [0, 0.05) is 33.2 Å². The van der Waals surface area contributed by atoms with E-state index in [2.05, 4.69) is 150 Å². The molecule has 0 N–H and O–H groups in total. The number of para-hydroxylation sites is 2. The van der Waals surface area contributed by atoms with E-state index in [-0.39, 0.29) is 0 Å². The summed E-state index contributed by atoms with van der Waals surface area (Å²) in [7, 11) is 0. The van der Waals surface area contributed by atoms with Crippen LogP contribution in [0.25, 0.3) is 83.9 Å². The zero-order valence-electron chi connectivity index (χ0n) is 26.6. The first kappa shape index (κ1) is 28.6. The predicted molar refractivity (Wildman–Crippen MR) is 201 cm³/mol. The Morgan fingerprint density at radius 1 is 0.286 bits per heavy atom. The van der Waals surface area contributed by atoms with E-state index >= 15 is 0 Å². The Hall–Kier alpha value is -6.65. The van der Waals surface area contributed by atoms with Crippen molar-refractivity contribution in [3.05, 3.63) is 182 Å². The molecule has 230 valence electrons. The highest BCUT2D eigenvalue weighted by Crippen LogP contribution is 2.35. The summed E-state index contributed by atoms with van der Waals surface area (Å²) in [5, 5.41) is 2.40. The first-order valence-corrected chi connectivity index (χ1v) is 16.5. The van der Waals surface area contributed by atoms with E-state index in [1.54, 1.807) is 0 Å². The van der Waals surface area contributed by atoms with Gasteiger partial charge in [-0.2, -0.15) is 0 Å². The predicted octanol–water partition coefficient (Wildman–Crippen LogP) is 11.3. The van der Waals surface area contributed by atoms with E-state index < -0.39 is 0 Å². The van der Waals surface area contributed by atoms with Gasteiger partial charge < -0.3 is 4.57 Å². The van der Waals surface area contributed by atoms with Crippen LogP contribution in [-0.2, 0) is 0 Å². The maximum absolute atomic E-state index is 5.08. The average molecular weight is 627 g/mol. The van der Waals surface area contributed by atoms with Gasteiger partial charge in [-0.1, -0.05) is 158 Å². The summed E-state index contributed by atoms with van der Waals surface area (Å²) >= 11 is 0. The lowest BCUT2D eigenvalue weighted by Crippen LogP contribution is -2.00. The Morgan fingerprint density at radius 3 is 1.27 bits per heavy atom. The second-order valence-corrected chi connectivity index (χ2v) is 12.1. The number of fused-ring (bicyclic) bond motifs is 3. The minimum absolute atomic E-state index is 0.635. The number of benzene rings is 7. The van der Waals surface area contributed by atoms with E-state index in [4.69, 9.17) is 15.0 Å². The quantitative estimate of drug-likeness (QED) is 0.184. The van der Waals surface area contributed by atoms with Gasteiger partial charge in [0.15, 0.2) is 17.5 Å². The molecule has 0 radical (unpaired) electrons. The number of nitrogens with zero attached hydrogens (tertiary/aromatic N) is 4. The van der Waals surface area contributed by atoms with Crippen LogP contribution in [-0.4, -0.2) is 19.5 Å². The van der Waals surface area contributed by atoms with Crippen molar-refractivity contribution in [1.82, 2.24) is 19.5 Å². The highest BCUT2D eigenvalue weighted by Gasteiger charge is 2.16. The Morgan fingerprint density at radius 2 is 0.673 bits per heavy atom. The molecular weight excluding hydrogens is 597 g/mol. The number of aromatic nitrogens is 4. The van der Waals surface area contributed by atoms with Crippen molar-refractivity contribution in [3.63, 3.8) is 0 Å². The maximum atomic E-state index is 5.08. The van der Waals surface area contributed by atoms with Gasteiger partial charge in [-0.3, -0.25) is 0 Å². The van der Waals surface area contributed by atoms with Gasteiger partial charge in [-0.25, -0.2) is 15.0 Å². The summed E-state index contributed by atoms with van der Waals surface area (Å²) in [5.41, 5.74) is 10.9. The number of hydrogen-bond donors (Lipinski definition) is 0. The summed E-state index contributed by atoms with van der Waals surface area (Å²) in [5.74, 6) is 1.92. The topological polar surface area (TPSA) is 43.6 Å². The average Bonchev–Trinajstić information content (AvgIpc) is 3.52. The molecule has 7 aromatic carbocycles. The highest BCUT2D eigenvalue weighted by atomic mass is 15.0. The molecular formula is C45H30N4. The van der Waals surface area contributed by atoms with Crippen molar-refractivity contribution in [3.8, 4) is 62.1 Å². The summed E-state index contributed by atoms with van der Waals surface area (Å²) in [6.45, 7) is 0. The minimum atomic E-state index is 0.635. The molecule has 0 atom stereocenters. The maximum Gasteiger partial charge on any atom is 0.164 e. The summed E-state index contributed by atoms with van der Waals surface area (Å²) in [6, 6.07) is 63.4. The fraction of sp³-hybridized carbons (Fsp3) is 0. The standard InChI is InChI=1S/C45H30N4/c1-4-12-31(13-5-1)32-20-22-33(23-21-32)34-24-26-36(27-25-34)44-46-43(35-14-6-2-7-15-35)47-45(48-44)37-28-29-40-39-18-10-11-19-41(39)49(42(40)30-37)38-16-8-3-9-17-38/h1-30H. The second-order valence-electron chi connectivity index (χ2n) is 12.1. The van der Waals surface area contributed by atoms with E-state index in [1.165, 1.54) is 21.9 Å². The van der Waals surface area contributed by atoms with Crippen molar-refractivity contribution < 1.29 is 0 Å². The van der Waals surface area contributed by atoms with Gasteiger partial charge in [0.1, 0.15) is 0 Å². The summed E-state index contributed by atoms with van der Waals surface area (Å²) in [6.07, 6.45) is 0. The van der Waals surface area contributed by atoms with E-state index in [9.17, 15) is 0 Å². The monoisotopic (exact) mass is 626 g/mol. The molecule has 0 aliphatic rings. The Labute approximate surface area is 284 Å². The molecule has 9 rings (SSSR count). The molecule has 0 saturated heterocycles. The van der Waals surface area contributed by atoms with Crippen LogP contribution in [0.3, 0.4) is 0 Å². The van der Waals surface area contributed by atoms with Gasteiger partial charge in [0.25, 0.3) is 0 Å². The first-order chi connectivity index (χ1) is 24.3. The minimum Gasteiger partial charge on any atom is -0.309 e. The molecule has 2 heterocycles. The van der Waals surface area contributed by atoms with Crippen LogP contribution < -0.4 is 0 Å². The number of hydrogen-bond acceptors (Lipinski definition) is 3. The van der Waals surface area contributed by atoms with Gasteiger partial charge in [0.2, 0.25) is 0 Å². The molecule has 0 aliphatic carbocycles. The van der Waals surface area contributed by atoms with Crippen LogP contribution in [0.4, 0.5) is 0 Å².